The van der Waals surface area contributed by atoms with Crippen LogP contribution in [0.5, 0.6) is 0 Å². The summed E-state index contributed by atoms with van der Waals surface area (Å²) in [5, 5.41) is 1.20. The largest absolute Gasteiger partial charge is 0.343 e. The summed E-state index contributed by atoms with van der Waals surface area (Å²) in [6, 6.07) is 18.4. The van der Waals surface area contributed by atoms with E-state index in [9.17, 15) is 14.4 Å². The molecule has 4 amide bonds. The predicted molar refractivity (Wildman–Crippen MR) is 122 cm³/mol. The van der Waals surface area contributed by atoms with Gasteiger partial charge in [0.05, 0.1) is 21.6 Å². The van der Waals surface area contributed by atoms with Crippen LogP contribution in [0.15, 0.2) is 66.7 Å². The Balaban J connectivity index is 1.46. The average Bonchev–Trinajstić information content (AvgIpc) is 3.26. The first-order chi connectivity index (χ1) is 14.9. The number of fused-ring (bicyclic) bond motifs is 1. The van der Waals surface area contributed by atoms with Crippen LogP contribution in [0.3, 0.4) is 0 Å². The molecule has 0 atom stereocenters. The lowest BCUT2D eigenvalue weighted by Gasteiger charge is -2.16. The molecule has 0 unspecified atom stereocenters. The molecule has 8 heteroatoms. The van der Waals surface area contributed by atoms with Gasteiger partial charge in [-0.3, -0.25) is 9.59 Å². The van der Waals surface area contributed by atoms with Crippen molar-refractivity contribution in [3.8, 4) is 10.6 Å². The lowest BCUT2D eigenvalue weighted by molar-refractivity contribution is -0.133. The number of hydrogen-bond acceptors (Lipinski definition) is 5. The molecule has 1 fully saturated rings. The van der Waals surface area contributed by atoms with Gasteiger partial charge in [0, 0.05) is 10.6 Å². The Hall–Kier alpha value is -3.55. The smallest absolute Gasteiger partial charge is 0.262 e. The highest BCUT2D eigenvalue weighted by molar-refractivity contribution is 7.21. The second-order valence-corrected chi connectivity index (χ2v) is 8.55. The number of benzene rings is 3. The van der Waals surface area contributed by atoms with Gasteiger partial charge in [-0.25, -0.2) is 19.6 Å². The number of thiazole rings is 1. The van der Waals surface area contributed by atoms with Crippen molar-refractivity contribution in [1.82, 2.24) is 4.98 Å². The molecule has 0 saturated carbocycles. The molecular formula is C23H14ClN3O3S. The van der Waals surface area contributed by atoms with E-state index < -0.39 is 17.8 Å². The lowest BCUT2D eigenvalue weighted by atomic mass is 10.2. The lowest BCUT2D eigenvalue weighted by Crippen LogP contribution is -2.33. The first-order valence-electron chi connectivity index (χ1n) is 9.38. The quantitative estimate of drug-likeness (QED) is 0.310. The molecule has 2 heterocycles. The Labute approximate surface area is 186 Å². The Morgan fingerprint density at radius 1 is 0.839 bits per heavy atom. The van der Waals surface area contributed by atoms with E-state index in [0.717, 1.165) is 36.2 Å². The van der Waals surface area contributed by atoms with Crippen molar-refractivity contribution in [1.29, 1.82) is 0 Å². The maximum absolute atomic E-state index is 12.9. The molecule has 0 N–H and O–H groups in total. The fourth-order valence-electron chi connectivity index (χ4n) is 3.44. The Bertz CT molecular complexity index is 1380. The fourth-order valence-corrected chi connectivity index (χ4v) is 4.70. The van der Waals surface area contributed by atoms with E-state index in [2.05, 4.69) is 11.1 Å². The van der Waals surface area contributed by atoms with Crippen molar-refractivity contribution >= 4 is 62.4 Å². The summed E-state index contributed by atoms with van der Waals surface area (Å²) >= 11 is 7.54. The predicted octanol–water partition coefficient (Wildman–Crippen LogP) is 5.42. The van der Waals surface area contributed by atoms with E-state index in [4.69, 9.17) is 11.6 Å². The van der Waals surface area contributed by atoms with Gasteiger partial charge < -0.3 is 0 Å². The molecule has 152 valence electrons. The van der Waals surface area contributed by atoms with E-state index in [0.29, 0.717) is 10.7 Å². The van der Waals surface area contributed by atoms with E-state index in [1.54, 1.807) is 53.8 Å². The average molecular weight is 448 g/mol. The first kappa shape index (κ1) is 19.4. The molecule has 1 aromatic heterocycles. The number of urea groups is 1. The number of carbonyl (C=O) groups is 3. The Kier molecular flexibility index (Phi) is 4.57. The summed E-state index contributed by atoms with van der Waals surface area (Å²) in [4.78, 5) is 44.3. The zero-order chi connectivity index (χ0) is 21.7. The van der Waals surface area contributed by atoms with Gasteiger partial charge in [-0.1, -0.05) is 23.7 Å². The topological polar surface area (TPSA) is 70.6 Å². The highest BCUT2D eigenvalue weighted by atomic mass is 35.5. The second-order valence-electron chi connectivity index (χ2n) is 7.08. The SMILES string of the molecule is Cc1ccc2nc(-c3ccc(N4C(=O)C(=O)N(c5cccc(Cl)c5)C4=O)cc3)sc2c1. The van der Waals surface area contributed by atoms with Crippen molar-refractivity contribution in [3.05, 3.63) is 77.3 Å². The number of halogens is 1. The third-order valence-electron chi connectivity index (χ3n) is 4.95. The summed E-state index contributed by atoms with van der Waals surface area (Å²) in [5.41, 5.74) is 3.51. The number of aryl methyl sites for hydroxylation is 1. The number of anilines is 2. The number of nitrogens with zero attached hydrogens (tertiary/aromatic N) is 3. The van der Waals surface area contributed by atoms with E-state index in [1.165, 1.54) is 6.07 Å². The molecule has 0 aliphatic carbocycles. The van der Waals surface area contributed by atoms with Crippen LogP contribution >= 0.6 is 22.9 Å². The van der Waals surface area contributed by atoms with Gasteiger partial charge in [0.2, 0.25) is 0 Å². The molecular weight excluding hydrogens is 434 g/mol. The summed E-state index contributed by atoms with van der Waals surface area (Å²) in [7, 11) is 0. The van der Waals surface area contributed by atoms with Crippen molar-refractivity contribution in [3.63, 3.8) is 0 Å². The number of rotatable bonds is 3. The number of aromatic nitrogens is 1. The van der Waals surface area contributed by atoms with Crippen LogP contribution in [0.4, 0.5) is 16.2 Å². The number of amides is 4. The third-order valence-corrected chi connectivity index (χ3v) is 6.26. The summed E-state index contributed by atoms with van der Waals surface area (Å²) in [5.74, 6) is -1.83. The third kappa shape index (κ3) is 3.28. The van der Waals surface area contributed by atoms with Gasteiger partial charge in [0.15, 0.2) is 0 Å². The normalized spacial score (nSPS) is 14.2. The Morgan fingerprint density at radius 2 is 1.55 bits per heavy atom. The molecule has 0 bridgehead atoms. The first-order valence-corrected chi connectivity index (χ1v) is 10.6. The van der Waals surface area contributed by atoms with Crippen LogP contribution in [-0.2, 0) is 9.59 Å². The monoisotopic (exact) mass is 447 g/mol. The van der Waals surface area contributed by atoms with E-state index in [1.807, 2.05) is 19.1 Å². The maximum atomic E-state index is 12.9. The molecule has 0 spiro atoms. The van der Waals surface area contributed by atoms with Gasteiger partial charge in [-0.05, 0) is 67.1 Å². The minimum absolute atomic E-state index is 0.250. The number of carbonyl (C=O) groups excluding carboxylic acids is 3. The van der Waals surface area contributed by atoms with Crippen LogP contribution in [0, 0.1) is 6.92 Å². The van der Waals surface area contributed by atoms with Crippen LogP contribution in [0.2, 0.25) is 5.02 Å². The van der Waals surface area contributed by atoms with Gasteiger partial charge in [0.25, 0.3) is 0 Å². The van der Waals surface area contributed by atoms with Crippen LogP contribution in [0.25, 0.3) is 20.8 Å². The van der Waals surface area contributed by atoms with Gasteiger partial charge in [-0.15, -0.1) is 11.3 Å². The highest BCUT2D eigenvalue weighted by Gasteiger charge is 2.46. The standard InChI is InChI=1S/C23H14ClN3O3S/c1-13-5-10-18-19(11-13)31-20(25-18)14-6-8-16(9-7-14)26-21(28)22(29)27(23(26)30)17-4-2-3-15(24)12-17/h2-12H,1H3. The van der Waals surface area contributed by atoms with Crippen LogP contribution in [0.1, 0.15) is 5.56 Å². The van der Waals surface area contributed by atoms with Gasteiger partial charge >= 0.3 is 17.8 Å². The molecule has 5 rings (SSSR count). The molecule has 0 radical (unpaired) electrons. The van der Waals surface area contributed by atoms with Gasteiger partial charge in [-0.2, -0.15) is 0 Å². The molecule has 31 heavy (non-hydrogen) atoms. The summed E-state index contributed by atoms with van der Waals surface area (Å²) in [6.07, 6.45) is 0. The minimum atomic E-state index is -0.919. The van der Waals surface area contributed by atoms with Crippen molar-refractivity contribution in [2.24, 2.45) is 0 Å². The molecule has 3 aromatic carbocycles. The highest BCUT2D eigenvalue weighted by Crippen LogP contribution is 2.33. The molecule has 1 saturated heterocycles. The number of imide groups is 2. The summed E-state index contributed by atoms with van der Waals surface area (Å²) < 4.78 is 1.09. The number of hydrogen-bond donors (Lipinski definition) is 0. The van der Waals surface area contributed by atoms with Crippen molar-refractivity contribution < 1.29 is 14.4 Å². The summed E-state index contributed by atoms with van der Waals surface area (Å²) in [6.45, 7) is 2.03. The minimum Gasteiger partial charge on any atom is -0.262 e. The van der Waals surface area contributed by atoms with Gasteiger partial charge in [0.1, 0.15) is 5.01 Å². The van der Waals surface area contributed by atoms with Crippen LogP contribution in [-0.4, -0.2) is 22.8 Å². The van der Waals surface area contributed by atoms with E-state index in [-0.39, 0.29) is 5.69 Å². The Morgan fingerprint density at radius 3 is 2.26 bits per heavy atom. The maximum Gasteiger partial charge on any atom is 0.343 e. The van der Waals surface area contributed by atoms with Crippen molar-refractivity contribution in [2.45, 2.75) is 6.92 Å². The molecule has 4 aromatic rings. The zero-order valence-corrected chi connectivity index (χ0v) is 17.8. The van der Waals surface area contributed by atoms with E-state index >= 15 is 0 Å². The fraction of sp³-hybridized carbons (Fsp3) is 0.0435. The zero-order valence-electron chi connectivity index (χ0n) is 16.2. The molecule has 6 nitrogen and oxygen atoms in total. The second kappa shape index (κ2) is 7.30. The molecule has 1 aliphatic rings. The van der Waals surface area contributed by atoms with Crippen LogP contribution < -0.4 is 9.80 Å². The molecule has 1 aliphatic heterocycles. The van der Waals surface area contributed by atoms with Crippen molar-refractivity contribution in [2.75, 3.05) is 9.80 Å².